The van der Waals surface area contributed by atoms with Gasteiger partial charge in [-0.15, -0.1) is 0 Å². The number of amides is 16. The number of carboxylic acid groups (broad SMARTS) is 2. The van der Waals surface area contributed by atoms with E-state index in [0.717, 1.165) is 13.8 Å². The number of nitrogens with two attached hydrogens (primary N) is 4. The summed E-state index contributed by atoms with van der Waals surface area (Å²) >= 11 is 0. The second-order valence-corrected chi connectivity index (χ2v) is 27.8. The average molecular weight is 1560 g/mol. The third-order valence-electron chi connectivity index (χ3n) is 18.5. The summed E-state index contributed by atoms with van der Waals surface area (Å²) in [5.41, 5.74) is 23.4. The largest absolute Gasteiger partial charge is 0.508 e. The highest BCUT2D eigenvalue weighted by molar-refractivity contribution is 6.02. The number of nitrogens with zero attached hydrogens (tertiary/aromatic N) is 4. The van der Waals surface area contributed by atoms with Crippen LogP contribution in [-0.2, 0) is 106 Å². The Kier molecular flexibility index (Phi) is 32.6. The molecule has 0 bridgehead atoms. The van der Waals surface area contributed by atoms with E-state index in [2.05, 4.69) is 63.1 Å². The van der Waals surface area contributed by atoms with Crippen LogP contribution < -0.4 is 76.1 Å². The number of carboxylic acids is 2. The number of likely N-dealkylation sites (tertiary alicyclic amines) is 3. The van der Waals surface area contributed by atoms with Gasteiger partial charge in [-0.05, 0) is 113 Å². The molecule has 1 aromatic heterocycles. The smallest absolute Gasteiger partial charge is 0.326 e. The first-order valence-corrected chi connectivity index (χ1v) is 35.9. The molecule has 0 aliphatic carbocycles. The lowest BCUT2D eigenvalue weighted by Crippen LogP contribution is -2.60. The molecule has 0 spiro atoms. The van der Waals surface area contributed by atoms with Crippen LogP contribution in [0.15, 0.2) is 61.1 Å². The van der Waals surface area contributed by atoms with Crippen molar-refractivity contribution in [3.05, 3.63) is 77.9 Å². The van der Waals surface area contributed by atoms with Crippen molar-refractivity contribution in [1.82, 2.24) is 77.8 Å². The zero-order chi connectivity index (χ0) is 82.1. The molecule has 16 amide bonds. The van der Waals surface area contributed by atoms with Crippen LogP contribution in [-0.4, -0.2) is 256 Å². The predicted octanol–water partition coefficient (Wildman–Crippen LogP) is -6.71. The van der Waals surface area contributed by atoms with E-state index in [9.17, 15) is 107 Å². The van der Waals surface area contributed by atoms with E-state index in [-0.39, 0.29) is 81.3 Å². The number of carbonyl (C=O) groups is 18. The summed E-state index contributed by atoms with van der Waals surface area (Å²) in [5, 5.41) is 62.8. The van der Waals surface area contributed by atoms with Crippen LogP contribution in [0.4, 0.5) is 0 Å². The zero-order valence-electron chi connectivity index (χ0n) is 61.5. The van der Waals surface area contributed by atoms with Gasteiger partial charge >= 0.3 is 11.9 Å². The van der Waals surface area contributed by atoms with Crippen molar-refractivity contribution in [1.29, 1.82) is 0 Å². The van der Waals surface area contributed by atoms with Crippen LogP contribution in [0.3, 0.4) is 0 Å². The van der Waals surface area contributed by atoms with Crippen LogP contribution in [0.25, 0.3) is 0 Å². The fourth-order valence-corrected chi connectivity index (χ4v) is 12.8. The summed E-state index contributed by atoms with van der Waals surface area (Å²) in [4.78, 5) is 251. The van der Waals surface area contributed by atoms with E-state index in [1.165, 1.54) is 63.6 Å². The summed E-state index contributed by atoms with van der Waals surface area (Å²) in [6.45, 7) is 5.09. The molecule has 3 aromatic rings. The fourth-order valence-electron chi connectivity index (χ4n) is 12.8. The molecular formula is C70H97N19O22. The number of aromatic amines is 1. The van der Waals surface area contributed by atoms with E-state index < -0.39 is 230 Å². The van der Waals surface area contributed by atoms with E-state index in [0.29, 0.717) is 30.4 Å². The molecule has 3 aliphatic rings. The van der Waals surface area contributed by atoms with Gasteiger partial charge in [-0.1, -0.05) is 38.1 Å². The Morgan fingerprint density at radius 3 is 1.46 bits per heavy atom. The van der Waals surface area contributed by atoms with E-state index in [4.69, 9.17) is 22.9 Å². The second kappa shape index (κ2) is 41.3. The monoisotopic (exact) mass is 1560 g/mol. The minimum absolute atomic E-state index is 0.00523. The van der Waals surface area contributed by atoms with Gasteiger partial charge in [0.2, 0.25) is 94.5 Å². The number of hydrogen-bond acceptors (Lipinski definition) is 22. The number of benzene rings is 2. The number of carbonyl (C=O) groups excluding carboxylic acids is 16. The lowest BCUT2D eigenvalue weighted by atomic mass is 10.0. The number of hydrogen-bond donors (Lipinski definition) is 19. The zero-order valence-corrected chi connectivity index (χ0v) is 61.5. The molecule has 23 N–H and O–H groups in total. The Morgan fingerprint density at radius 1 is 0.486 bits per heavy atom. The number of imidazole rings is 1. The van der Waals surface area contributed by atoms with Crippen LogP contribution in [0.1, 0.15) is 122 Å². The number of primary amides is 3. The summed E-state index contributed by atoms with van der Waals surface area (Å²) in [7, 11) is 0. The summed E-state index contributed by atoms with van der Waals surface area (Å²) < 4.78 is 0. The van der Waals surface area contributed by atoms with Crippen molar-refractivity contribution in [3.8, 4) is 11.5 Å². The number of nitrogens with one attached hydrogen (secondary N) is 11. The third-order valence-corrected chi connectivity index (χ3v) is 18.5. The lowest BCUT2D eigenvalue weighted by molar-refractivity contribution is -0.151. The van der Waals surface area contributed by atoms with Crippen LogP contribution >= 0.6 is 0 Å². The maximum atomic E-state index is 14.8. The first-order chi connectivity index (χ1) is 52.4. The maximum absolute atomic E-state index is 14.8. The number of phenols is 2. The SMILES string of the molecule is CC(C)C[C@H](NC(=O)[C@@H](N)Cc1ccc(O)cc1)C(=O)N[C@@H](CC(N)=O)C(=O)N1CCC[C@H]1C(=O)N1CCC[C@H]1C(=O)N1CCC[C@H]1C(=O)N[C@@H](Cc1ccc(O)cc1)C(=O)N[C@@H](C)C(=O)N[C@@H](CC(=O)O)C(=O)N[C@@H](Cc1cnc[nH]1)C(=O)NCC(=O)N[C@@H](C)C(=O)N[C@@H](CC(N)=O)C(=O)N[C@@H](CCC(N)=O)C(=O)O. The minimum atomic E-state index is -1.98. The molecule has 2 aromatic carbocycles. The third kappa shape index (κ3) is 26.8. The molecule has 41 nitrogen and oxygen atoms in total. The minimum Gasteiger partial charge on any atom is -0.508 e. The summed E-state index contributed by atoms with van der Waals surface area (Å²) in [6.07, 6.45) is -0.297. The van der Waals surface area contributed by atoms with Gasteiger partial charge in [-0.3, -0.25) is 81.5 Å². The van der Waals surface area contributed by atoms with E-state index in [1.54, 1.807) is 26.0 Å². The van der Waals surface area contributed by atoms with Gasteiger partial charge in [0.05, 0.1) is 38.2 Å². The van der Waals surface area contributed by atoms with E-state index in [1.807, 2.05) is 0 Å². The summed E-state index contributed by atoms with van der Waals surface area (Å²) in [5.74, 6) is -18.7. The molecular weight excluding hydrogens is 1460 g/mol. The van der Waals surface area contributed by atoms with Gasteiger partial charge < -0.3 is 116 Å². The van der Waals surface area contributed by atoms with Gasteiger partial charge in [0, 0.05) is 50.8 Å². The highest BCUT2D eigenvalue weighted by Crippen LogP contribution is 2.30. The predicted molar refractivity (Wildman–Crippen MR) is 385 cm³/mol. The normalized spacial score (nSPS) is 17.9. The number of aliphatic carboxylic acids is 2. The molecule has 0 saturated carbocycles. The highest BCUT2D eigenvalue weighted by atomic mass is 16.4. The van der Waals surface area contributed by atoms with Crippen molar-refractivity contribution in [2.45, 2.75) is 203 Å². The van der Waals surface area contributed by atoms with Crippen LogP contribution in [0.5, 0.6) is 11.5 Å². The highest BCUT2D eigenvalue weighted by Gasteiger charge is 2.48. The Bertz CT molecular complexity index is 3920. The van der Waals surface area contributed by atoms with Crippen LogP contribution in [0.2, 0.25) is 0 Å². The molecule has 3 saturated heterocycles. The number of phenolic OH excluding ortho intramolecular Hbond substituents is 2. The molecule has 6 rings (SSSR count). The Labute approximate surface area is 635 Å². The fraction of sp³-hybridized carbons (Fsp3) is 0.529. The molecule has 41 heteroatoms. The van der Waals surface area contributed by atoms with Gasteiger partial charge in [0.25, 0.3) is 0 Å². The Hall–Kier alpha value is -12.3. The lowest BCUT2D eigenvalue weighted by Gasteiger charge is -2.35. The molecule has 3 fully saturated rings. The quantitative estimate of drug-likeness (QED) is 0.0251. The average Bonchev–Trinajstić information content (AvgIpc) is 1.65. The van der Waals surface area contributed by atoms with Gasteiger partial charge in [-0.2, -0.15) is 0 Å². The van der Waals surface area contributed by atoms with Gasteiger partial charge in [0.1, 0.15) is 84.0 Å². The molecule has 0 unspecified atom stereocenters. The molecule has 4 heterocycles. The molecule has 604 valence electrons. The molecule has 0 radical (unpaired) electrons. The molecule has 13 atom stereocenters. The van der Waals surface area contributed by atoms with Gasteiger partial charge in [-0.25, -0.2) is 9.78 Å². The number of rotatable bonds is 41. The maximum Gasteiger partial charge on any atom is 0.326 e. The Morgan fingerprint density at radius 2 is 0.937 bits per heavy atom. The van der Waals surface area contributed by atoms with Crippen LogP contribution in [0, 0.1) is 5.92 Å². The number of H-pyrrole nitrogens is 1. The topological polar surface area (TPSA) is 651 Å². The van der Waals surface area contributed by atoms with Crippen molar-refractivity contribution in [2.75, 3.05) is 26.2 Å². The summed E-state index contributed by atoms with van der Waals surface area (Å²) in [6, 6.07) is -7.74. The first kappa shape index (κ1) is 87.6. The van der Waals surface area contributed by atoms with E-state index >= 15 is 0 Å². The van der Waals surface area contributed by atoms with Gasteiger partial charge in [0.15, 0.2) is 0 Å². The number of aromatic hydroxyl groups is 2. The van der Waals surface area contributed by atoms with Crippen molar-refractivity contribution >= 4 is 106 Å². The Balaban J connectivity index is 1.09. The van der Waals surface area contributed by atoms with Crippen molar-refractivity contribution in [2.24, 2.45) is 28.9 Å². The van der Waals surface area contributed by atoms with Crippen molar-refractivity contribution < 1.29 is 107 Å². The number of aromatic nitrogens is 2. The first-order valence-electron chi connectivity index (χ1n) is 35.9. The molecule has 111 heavy (non-hydrogen) atoms. The second-order valence-electron chi connectivity index (χ2n) is 27.8. The van der Waals surface area contributed by atoms with Crippen molar-refractivity contribution in [3.63, 3.8) is 0 Å². The molecule has 3 aliphatic heterocycles. The standard InChI is InChI=1S/C70H97N19O22/c1-34(2)24-44(83-60(100)42(71)25-37-11-15-40(90)16-12-37)63(103)86-49(29-55(74)94)67(107)88-22-6-9-51(88)69(109)89-23-7-10-52(89)68(108)87-21-5-8-50(87)66(106)85-45(26-38-13-17-41(91)18-14-38)62(102)79-36(4)59(99)82-48(30-57(96)97)65(105)84-46(27-39-31-75-33-77-39)61(101)76-32-56(95)78-35(3)58(98)81-47(28-54(73)93)64(104)80-43(70(110)111)19-20-53(72)92/h11-18,31,33-36,42-52,90-91H,5-10,19-30,32,71H2,1-4H3,(H2,72,92)(H2,73,93)(H2,74,94)(H,75,77)(H,76,101)(H,78,95)(H,79,102)(H,80,104)(H,81,98)(H,82,99)(H,83,100)(H,84,105)(H,85,106)(H,86,103)(H,96,97)(H,110,111)/t35-,36-,42-,43-,44-,45-,46-,47-,48-,49-,50-,51-,52-/m0/s1.